The number of carbonyl (C=O) groups excluding carboxylic acids is 1. The number of hydrogen-bond acceptors (Lipinski definition) is 8. The van der Waals surface area contributed by atoms with E-state index in [2.05, 4.69) is 20.6 Å². The first-order chi connectivity index (χ1) is 15.9. The number of aromatic nitrogens is 4. The van der Waals surface area contributed by atoms with E-state index < -0.39 is 0 Å². The highest BCUT2D eigenvalue weighted by molar-refractivity contribution is 7.98. The quantitative estimate of drug-likeness (QED) is 0.367. The van der Waals surface area contributed by atoms with Crippen molar-refractivity contribution in [1.82, 2.24) is 19.9 Å². The van der Waals surface area contributed by atoms with Crippen molar-refractivity contribution < 1.29 is 14.1 Å². The van der Waals surface area contributed by atoms with Crippen LogP contribution in [0.5, 0.6) is 5.75 Å². The summed E-state index contributed by atoms with van der Waals surface area (Å²) in [6.07, 6.45) is 1.85. The van der Waals surface area contributed by atoms with Gasteiger partial charge in [0.1, 0.15) is 28.7 Å². The highest BCUT2D eigenvalue weighted by atomic mass is 35.5. The van der Waals surface area contributed by atoms with Gasteiger partial charge in [0.25, 0.3) is 5.89 Å². The lowest BCUT2D eigenvalue weighted by Crippen LogP contribution is -2.21. The molecule has 0 saturated heterocycles. The zero-order valence-corrected chi connectivity index (χ0v) is 19.7. The normalized spacial score (nSPS) is 10.9. The molecule has 1 amide bonds. The predicted octanol–water partition coefficient (Wildman–Crippen LogP) is 4.51. The van der Waals surface area contributed by atoms with E-state index in [0.717, 1.165) is 16.9 Å². The molecule has 0 bridgehead atoms. The maximum absolute atomic E-state index is 12.6. The average Bonchev–Trinajstić information content (AvgIpc) is 3.41. The Kier molecular flexibility index (Phi) is 6.57. The smallest absolute Gasteiger partial charge is 0.264 e. The molecule has 33 heavy (non-hydrogen) atoms. The van der Waals surface area contributed by atoms with Crippen molar-refractivity contribution in [1.29, 1.82) is 0 Å². The standard InChI is InChI=1S/C22H21ClN6O3S/c1-12-15(23)5-4-6-16(12)25-17(30)11-29-19(24)18(22(27-29)33-3)21-26-20(28-32-21)13-7-9-14(31-2)10-8-13/h4-10H,11,24H2,1-3H3,(H,25,30). The van der Waals surface area contributed by atoms with Gasteiger partial charge < -0.3 is 20.3 Å². The zero-order chi connectivity index (χ0) is 23.5. The van der Waals surface area contributed by atoms with Gasteiger partial charge in [-0.1, -0.05) is 22.8 Å². The Morgan fingerprint density at radius 1 is 1.27 bits per heavy atom. The number of carbonyl (C=O) groups is 1. The number of amides is 1. The summed E-state index contributed by atoms with van der Waals surface area (Å²) in [6, 6.07) is 12.6. The lowest BCUT2D eigenvalue weighted by molar-refractivity contribution is -0.116. The number of methoxy groups -OCH3 is 1. The summed E-state index contributed by atoms with van der Waals surface area (Å²) in [7, 11) is 1.60. The number of rotatable bonds is 7. The van der Waals surface area contributed by atoms with Gasteiger partial charge in [0, 0.05) is 16.3 Å². The second-order valence-corrected chi connectivity index (χ2v) is 8.24. The summed E-state index contributed by atoms with van der Waals surface area (Å²) in [5, 5.41) is 12.5. The Hall–Kier alpha value is -3.50. The van der Waals surface area contributed by atoms with Crippen LogP contribution in [-0.2, 0) is 11.3 Å². The second-order valence-electron chi connectivity index (χ2n) is 7.04. The van der Waals surface area contributed by atoms with E-state index in [1.165, 1.54) is 16.4 Å². The van der Waals surface area contributed by atoms with Crippen LogP contribution in [0.4, 0.5) is 11.5 Å². The largest absolute Gasteiger partial charge is 0.497 e. The van der Waals surface area contributed by atoms with Gasteiger partial charge in [-0.3, -0.25) is 4.79 Å². The van der Waals surface area contributed by atoms with E-state index in [-0.39, 0.29) is 24.2 Å². The fourth-order valence-electron chi connectivity index (χ4n) is 3.17. The van der Waals surface area contributed by atoms with E-state index in [1.807, 2.05) is 37.4 Å². The molecule has 3 N–H and O–H groups in total. The van der Waals surface area contributed by atoms with Crippen molar-refractivity contribution >= 4 is 40.8 Å². The van der Waals surface area contributed by atoms with Crippen molar-refractivity contribution in [2.45, 2.75) is 18.5 Å². The Morgan fingerprint density at radius 3 is 2.73 bits per heavy atom. The fourth-order valence-corrected chi connectivity index (χ4v) is 3.92. The van der Waals surface area contributed by atoms with E-state index in [4.69, 9.17) is 26.6 Å². The Morgan fingerprint density at radius 2 is 2.03 bits per heavy atom. The number of ether oxygens (including phenoxy) is 1. The van der Waals surface area contributed by atoms with E-state index in [1.54, 1.807) is 25.3 Å². The minimum Gasteiger partial charge on any atom is -0.497 e. The number of nitrogens with zero attached hydrogens (tertiary/aromatic N) is 4. The molecular formula is C22H21ClN6O3S. The number of hydrogen-bond donors (Lipinski definition) is 2. The van der Waals surface area contributed by atoms with Crippen molar-refractivity contribution in [3.8, 4) is 28.6 Å². The van der Waals surface area contributed by atoms with E-state index in [9.17, 15) is 4.79 Å². The number of benzene rings is 2. The van der Waals surface area contributed by atoms with Crippen LogP contribution in [0.25, 0.3) is 22.8 Å². The van der Waals surface area contributed by atoms with Crippen LogP contribution in [0, 0.1) is 6.92 Å². The Bertz CT molecular complexity index is 1300. The number of halogens is 1. The Labute approximate surface area is 199 Å². The predicted molar refractivity (Wildman–Crippen MR) is 129 cm³/mol. The number of nitrogens with one attached hydrogen (secondary N) is 1. The molecule has 0 aliphatic heterocycles. The van der Waals surface area contributed by atoms with Gasteiger partial charge in [0.15, 0.2) is 0 Å². The first-order valence-corrected chi connectivity index (χ1v) is 11.4. The molecule has 0 saturated carbocycles. The SMILES string of the molecule is COc1ccc(-c2noc(-c3c(SC)nn(CC(=O)Nc4cccc(Cl)c4C)c3N)n2)cc1. The molecule has 2 aromatic heterocycles. The van der Waals surface area contributed by atoms with Crippen LogP contribution in [0.3, 0.4) is 0 Å². The lowest BCUT2D eigenvalue weighted by Gasteiger charge is -2.10. The third-order valence-electron chi connectivity index (χ3n) is 4.98. The number of thioether (sulfide) groups is 1. The number of nitrogens with two attached hydrogens (primary N) is 1. The van der Waals surface area contributed by atoms with Crippen LogP contribution >= 0.6 is 23.4 Å². The molecule has 0 aliphatic carbocycles. The number of nitrogen functional groups attached to an aromatic ring is 1. The third kappa shape index (κ3) is 4.67. The monoisotopic (exact) mass is 484 g/mol. The Balaban J connectivity index is 1.58. The van der Waals surface area contributed by atoms with Gasteiger partial charge >= 0.3 is 0 Å². The van der Waals surface area contributed by atoms with Gasteiger partial charge in [-0.15, -0.1) is 11.8 Å². The summed E-state index contributed by atoms with van der Waals surface area (Å²) >= 11 is 7.50. The van der Waals surface area contributed by atoms with Crippen molar-refractivity contribution in [2.24, 2.45) is 0 Å². The summed E-state index contributed by atoms with van der Waals surface area (Å²) < 4.78 is 12.1. The fraction of sp³-hybridized carbons (Fsp3) is 0.182. The molecule has 9 nitrogen and oxygen atoms in total. The molecule has 11 heteroatoms. The molecule has 0 spiro atoms. The van der Waals surface area contributed by atoms with Gasteiger partial charge in [0.05, 0.1) is 7.11 Å². The average molecular weight is 485 g/mol. The molecule has 4 aromatic rings. The lowest BCUT2D eigenvalue weighted by atomic mass is 10.2. The molecule has 0 unspecified atom stereocenters. The van der Waals surface area contributed by atoms with Crippen LogP contribution in [0.15, 0.2) is 52.0 Å². The van der Waals surface area contributed by atoms with Gasteiger partial charge in [0.2, 0.25) is 11.7 Å². The maximum atomic E-state index is 12.6. The molecule has 0 radical (unpaired) electrons. The van der Waals surface area contributed by atoms with E-state index in [0.29, 0.717) is 27.1 Å². The van der Waals surface area contributed by atoms with Crippen molar-refractivity contribution in [3.63, 3.8) is 0 Å². The van der Waals surface area contributed by atoms with Crippen LogP contribution in [0.2, 0.25) is 5.02 Å². The first kappa shape index (κ1) is 22.7. The second kappa shape index (κ2) is 9.55. The van der Waals surface area contributed by atoms with Crippen molar-refractivity contribution in [3.05, 3.63) is 53.1 Å². The summed E-state index contributed by atoms with van der Waals surface area (Å²) in [6.45, 7) is 1.74. The van der Waals surface area contributed by atoms with Crippen molar-refractivity contribution in [2.75, 3.05) is 24.4 Å². The molecule has 0 atom stereocenters. The molecule has 0 fully saturated rings. The third-order valence-corrected chi connectivity index (χ3v) is 6.06. The molecule has 170 valence electrons. The zero-order valence-electron chi connectivity index (χ0n) is 18.1. The van der Waals surface area contributed by atoms with Gasteiger partial charge in [-0.05, 0) is 55.1 Å². The highest BCUT2D eigenvalue weighted by Crippen LogP contribution is 2.35. The van der Waals surface area contributed by atoms with Crippen LogP contribution in [-0.4, -0.2) is 39.2 Å². The minimum atomic E-state index is -0.293. The minimum absolute atomic E-state index is 0.0924. The highest BCUT2D eigenvalue weighted by Gasteiger charge is 2.24. The molecular weight excluding hydrogens is 464 g/mol. The van der Waals surface area contributed by atoms with Gasteiger partial charge in [-0.25, -0.2) is 4.68 Å². The summed E-state index contributed by atoms with van der Waals surface area (Å²) in [5.74, 6) is 1.31. The topological polar surface area (TPSA) is 121 Å². The molecule has 0 aliphatic rings. The summed E-state index contributed by atoms with van der Waals surface area (Å²) in [5.41, 5.74) is 9.00. The molecule has 4 rings (SSSR count). The number of anilines is 2. The maximum Gasteiger partial charge on any atom is 0.264 e. The van der Waals surface area contributed by atoms with Crippen LogP contribution in [0.1, 0.15) is 5.56 Å². The first-order valence-electron chi connectivity index (χ1n) is 9.85. The molecule has 2 heterocycles. The molecule has 2 aromatic carbocycles. The summed E-state index contributed by atoms with van der Waals surface area (Å²) in [4.78, 5) is 17.1. The van der Waals surface area contributed by atoms with E-state index >= 15 is 0 Å². The van der Waals surface area contributed by atoms with Crippen LogP contribution < -0.4 is 15.8 Å². The van der Waals surface area contributed by atoms with Gasteiger partial charge in [-0.2, -0.15) is 10.1 Å².